The fraction of sp³-hybridized carbons (Fsp3) is 0.346. The molecule has 0 amide bonds. The lowest BCUT2D eigenvalue weighted by atomic mass is 9.91. The zero-order chi connectivity index (χ0) is 25.4. The van der Waals surface area contributed by atoms with Crippen LogP contribution in [-0.2, 0) is 15.9 Å². The van der Waals surface area contributed by atoms with E-state index in [4.69, 9.17) is 20.9 Å². The summed E-state index contributed by atoms with van der Waals surface area (Å²) in [4.78, 5) is 12.9. The average molecular weight is 553 g/mol. The van der Waals surface area contributed by atoms with E-state index < -0.39 is 5.79 Å². The largest absolute Gasteiger partial charge is 0.383 e. The van der Waals surface area contributed by atoms with E-state index in [1.54, 1.807) is 12.1 Å². The van der Waals surface area contributed by atoms with Gasteiger partial charge >= 0.3 is 0 Å². The van der Waals surface area contributed by atoms with Crippen LogP contribution in [0.2, 0.25) is 0 Å². The first-order valence-corrected chi connectivity index (χ1v) is 12.6. The van der Waals surface area contributed by atoms with E-state index in [0.29, 0.717) is 33.4 Å². The Kier molecular flexibility index (Phi) is 5.33. The zero-order valence-corrected chi connectivity index (χ0v) is 21.7. The molecule has 0 spiro atoms. The van der Waals surface area contributed by atoms with Gasteiger partial charge in [0.25, 0.3) is 0 Å². The van der Waals surface area contributed by atoms with Gasteiger partial charge in [-0.25, -0.2) is 19.3 Å². The third-order valence-corrected chi connectivity index (χ3v) is 7.69. The number of benzene rings is 1. The number of ether oxygens (including phenoxy) is 2. The van der Waals surface area contributed by atoms with Gasteiger partial charge in [-0.05, 0) is 77.5 Å². The Balaban J connectivity index is 1.36. The average Bonchev–Trinajstić information content (AvgIpc) is 3.46. The van der Waals surface area contributed by atoms with Crippen molar-refractivity contribution in [1.82, 2.24) is 19.5 Å². The molecule has 4 aromatic rings. The van der Waals surface area contributed by atoms with E-state index in [2.05, 4.69) is 48.4 Å². The molecule has 1 fully saturated rings. The summed E-state index contributed by atoms with van der Waals surface area (Å²) in [5.41, 5.74) is 15.2. The van der Waals surface area contributed by atoms with Gasteiger partial charge in [0.2, 0.25) is 0 Å². The lowest BCUT2D eigenvalue weighted by Gasteiger charge is -2.22. The van der Waals surface area contributed by atoms with Crippen LogP contribution in [0.1, 0.15) is 32.4 Å². The molecule has 0 radical (unpaired) electrons. The van der Waals surface area contributed by atoms with Gasteiger partial charge in [-0.2, -0.15) is 0 Å². The Morgan fingerprint density at radius 1 is 1.14 bits per heavy atom. The lowest BCUT2D eigenvalue weighted by Crippen LogP contribution is -2.28. The standard InChI is InChI=1S/C26H26BrFN6O2/c1-12(6-13-7-18(28)16-9-17(27)24(30)33-19(16)8-13)15-10-20(22-21(15)35-26(2,3)36-22)34-5-4-14-23(29)31-11-32-25(14)34/h4-5,7-12,20-22H,6H2,1-3H3,(H2,30,33)(H2,29,31,32)/t12?,20-,21-,22+/m1/s1. The highest BCUT2D eigenvalue weighted by Crippen LogP contribution is 2.46. The molecule has 1 aromatic carbocycles. The molecule has 0 saturated carbocycles. The van der Waals surface area contributed by atoms with Gasteiger partial charge in [-0.1, -0.05) is 13.0 Å². The second-order valence-corrected chi connectivity index (χ2v) is 10.9. The second-order valence-electron chi connectivity index (χ2n) is 10.0. The maximum Gasteiger partial charge on any atom is 0.164 e. The van der Waals surface area contributed by atoms with Crippen molar-refractivity contribution >= 4 is 49.5 Å². The third-order valence-electron chi connectivity index (χ3n) is 7.05. The van der Waals surface area contributed by atoms with Crippen LogP contribution in [0, 0.1) is 11.7 Å². The minimum Gasteiger partial charge on any atom is -0.383 e. The summed E-state index contributed by atoms with van der Waals surface area (Å²) < 4.78 is 30.3. The van der Waals surface area contributed by atoms with Gasteiger partial charge in [0, 0.05) is 11.6 Å². The normalized spacial score (nSPS) is 23.8. The summed E-state index contributed by atoms with van der Waals surface area (Å²) in [7, 11) is 0. The second kappa shape index (κ2) is 8.22. The molecule has 3 aromatic heterocycles. The highest BCUT2D eigenvalue weighted by molar-refractivity contribution is 9.10. The van der Waals surface area contributed by atoms with Crippen molar-refractivity contribution in [3.8, 4) is 0 Å². The number of aromatic nitrogens is 4. The molecule has 0 bridgehead atoms. The maximum absolute atomic E-state index is 14.9. The van der Waals surface area contributed by atoms with Crippen molar-refractivity contribution in [2.45, 2.75) is 51.2 Å². The Hall–Kier alpha value is -3.08. The molecular formula is C26H26BrFN6O2. The Labute approximate surface area is 215 Å². The van der Waals surface area contributed by atoms with Crippen LogP contribution in [0.4, 0.5) is 16.0 Å². The SMILES string of the molecule is CC(Cc1cc(F)c2cc(Br)c(N)nc2c1)C1=C[C@@H](n2ccc3c(N)ncnc32)[C@@H]2OC(C)(C)O[C@H]12. The van der Waals surface area contributed by atoms with Crippen molar-refractivity contribution in [1.29, 1.82) is 0 Å². The summed E-state index contributed by atoms with van der Waals surface area (Å²) in [5.74, 6) is -0.219. The summed E-state index contributed by atoms with van der Waals surface area (Å²) in [5, 5.41) is 1.23. The molecule has 4 N–H and O–H groups in total. The molecule has 1 aliphatic carbocycles. The fourth-order valence-corrected chi connectivity index (χ4v) is 5.78. The number of anilines is 2. The summed E-state index contributed by atoms with van der Waals surface area (Å²) >= 11 is 3.33. The quantitative estimate of drug-likeness (QED) is 0.345. The summed E-state index contributed by atoms with van der Waals surface area (Å²) in [6.45, 7) is 5.97. The maximum atomic E-state index is 14.9. The van der Waals surface area contributed by atoms with E-state index in [-0.39, 0.29) is 30.0 Å². The van der Waals surface area contributed by atoms with Crippen LogP contribution < -0.4 is 11.5 Å². The van der Waals surface area contributed by atoms with Gasteiger partial charge in [0.15, 0.2) is 5.79 Å². The number of halogens is 2. The van der Waals surface area contributed by atoms with Gasteiger partial charge in [0.1, 0.15) is 41.6 Å². The molecule has 4 heterocycles. The first kappa shape index (κ1) is 23.3. The minimum absolute atomic E-state index is 0.0613. The predicted octanol–water partition coefficient (Wildman–Crippen LogP) is 4.93. The third kappa shape index (κ3) is 3.75. The fourth-order valence-electron chi connectivity index (χ4n) is 5.46. The molecule has 10 heteroatoms. The van der Waals surface area contributed by atoms with Crippen LogP contribution in [0.15, 0.2) is 52.9 Å². The van der Waals surface area contributed by atoms with Crippen LogP contribution in [0.3, 0.4) is 0 Å². The molecule has 2 aliphatic rings. The topological polar surface area (TPSA) is 114 Å². The Bertz CT molecular complexity index is 1550. The van der Waals surface area contributed by atoms with E-state index in [1.165, 1.54) is 6.33 Å². The number of nitrogens with two attached hydrogens (primary N) is 2. The smallest absolute Gasteiger partial charge is 0.164 e. The van der Waals surface area contributed by atoms with Crippen molar-refractivity contribution in [2.75, 3.05) is 11.5 Å². The molecule has 186 valence electrons. The predicted molar refractivity (Wildman–Crippen MR) is 140 cm³/mol. The summed E-state index contributed by atoms with van der Waals surface area (Å²) in [6, 6.07) is 6.93. The lowest BCUT2D eigenvalue weighted by molar-refractivity contribution is -0.148. The number of nitrogens with zero attached hydrogens (tertiary/aromatic N) is 4. The number of nitrogen functional groups attached to an aromatic ring is 2. The van der Waals surface area contributed by atoms with Crippen molar-refractivity contribution in [3.05, 3.63) is 64.3 Å². The van der Waals surface area contributed by atoms with Crippen LogP contribution in [0.25, 0.3) is 21.9 Å². The van der Waals surface area contributed by atoms with E-state index in [1.807, 2.05) is 32.2 Å². The number of pyridine rings is 1. The van der Waals surface area contributed by atoms with Crippen molar-refractivity contribution < 1.29 is 13.9 Å². The number of hydrogen-bond acceptors (Lipinski definition) is 7. The molecule has 6 rings (SSSR count). The van der Waals surface area contributed by atoms with E-state index >= 15 is 0 Å². The van der Waals surface area contributed by atoms with Crippen LogP contribution in [-0.4, -0.2) is 37.5 Å². The van der Waals surface area contributed by atoms with Gasteiger partial charge in [-0.15, -0.1) is 0 Å². The first-order valence-electron chi connectivity index (χ1n) is 11.8. The van der Waals surface area contributed by atoms with E-state index in [9.17, 15) is 4.39 Å². The highest BCUT2D eigenvalue weighted by Gasteiger charge is 2.51. The Morgan fingerprint density at radius 3 is 2.75 bits per heavy atom. The van der Waals surface area contributed by atoms with Gasteiger partial charge in [-0.3, -0.25) is 0 Å². The molecule has 1 unspecified atom stereocenters. The number of hydrogen-bond donors (Lipinski definition) is 2. The molecule has 1 aliphatic heterocycles. The minimum atomic E-state index is -0.728. The van der Waals surface area contributed by atoms with Crippen LogP contribution >= 0.6 is 15.9 Å². The monoisotopic (exact) mass is 552 g/mol. The molecule has 4 atom stereocenters. The first-order chi connectivity index (χ1) is 17.1. The number of rotatable bonds is 4. The molecule has 36 heavy (non-hydrogen) atoms. The summed E-state index contributed by atoms with van der Waals surface area (Å²) in [6.07, 6.45) is 5.78. The van der Waals surface area contributed by atoms with Crippen LogP contribution in [0.5, 0.6) is 0 Å². The van der Waals surface area contributed by atoms with Gasteiger partial charge < -0.3 is 25.5 Å². The number of fused-ring (bicyclic) bond motifs is 3. The van der Waals surface area contributed by atoms with E-state index in [0.717, 1.165) is 22.2 Å². The Morgan fingerprint density at radius 2 is 1.94 bits per heavy atom. The molecule has 8 nitrogen and oxygen atoms in total. The van der Waals surface area contributed by atoms with Gasteiger partial charge in [0.05, 0.1) is 21.4 Å². The zero-order valence-electron chi connectivity index (χ0n) is 20.1. The highest BCUT2D eigenvalue weighted by atomic mass is 79.9. The molecule has 1 saturated heterocycles. The van der Waals surface area contributed by atoms with Crippen molar-refractivity contribution in [2.24, 2.45) is 5.92 Å². The molecular weight excluding hydrogens is 527 g/mol. The van der Waals surface area contributed by atoms with Crippen molar-refractivity contribution in [3.63, 3.8) is 0 Å².